The minimum absolute atomic E-state index is 0.353. The number of rotatable bonds is 5. The van der Waals surface area contributed by atoms with Crippen LogP contribution in [-0.2, 0) is 6.54 Å². The van der Waals surface area contributed by atoms with Gasteiger partial charge in [-0.3, -0.25) is 0 Å². The van der Waals surface area contributed by atoms with Gasteiger partial charge in [0.25, 0.3) is 0 Å². The lowest BCUT2D eigenvalue weighted by atomic mass is 10.1. The van der Waals surface area contributed by atoms with E-state index in [2.05, 4.69) is 18.5 Å². The second-order valence-electron chi connectivity index (χ2n) is 3.64. The van der Waals surface area contributed by atoms with Gasteiger partial charge in [-0.2, -0.15) is 17.0 Å². The van der Waals surface area contributed by atoms with Crippen molar-refractivity contribution in [1.82, 2.24) is 5.32 Å². The van der Waals surface area contributed by atoms with Crippen molar-refractivity contribution in [2.24, 2.45) is 0 Å². The molecule has 86 valence electrons. The number of hydrogen-bond donors (Lipinski definition) is 1. The van der Waals surface area contributed by atoms with E-state index in [1.54, 1.807) is 17.8 Å². The van der Waals surface area contributed by atoms with Crippen LogP contribution in [0.4, 0.5) is 4.39 Å². The van der Waals surface area contributed by atoms with E-state index >= 15 is 0 Å². The van der Waals surface area contributed by atoms with Crippen LogP contribution in [0.2, 0.25) is 0 Å². The van der Waals surface area contributed by atoms with E-state index in [9.17, 15) is 4.39 Å². The summed E-state index contributed by atoms with van der Waals surface area (Å²) in [5.41, 5.74) is 1.18. The third kappa shape index (κ3) is 4.21. The Kier molecular flexibility index (Phi) is 5.30. The average Bonchev–Trinajstić information content (AvgIpc) is 2.28. The van der Waals surface area contributed by atoms with E-state index < -0.39 is 0 Å². The molecular formula is C12H15FN2S. The van der Waals surface area contributed by atoms with Crippen molar-refractivity contribution in [2.45, 2.75) is 18.7 Å². The zero-order valence-corrected chi connectivity index (χ0v) is 10.3. The zero-order chi connectivity index (χ0) is 12.0. The largest absolute Gasteiger partial charge is 0.312 e. The number of nitrogens with zero attached hydrogens (tertiary/aromatic N) is 1. The van der Waals surface area contributed by atoms with Crippen molar-refractivity contribution in [3.8, 4) is 6.07 Å². The number of thioether (sulfide) groups is 1. The molecular weight excluding hydrogens is 223 g/mol. The molecule has 0 aromatic heterocycles. The smallest absolute Gasteiger partial charge is 0.124 e. The highest BCUT2D eigenvalue weighted by Gasteiger charge is 2.02. The molecule has 0 fully saturated rings. The maximum atomic E-state index is 13.1. The monoisotopic (exact) mass is 238 g/mol. The molecule has 1 atom stereocenters. The average molecular weight is 238 g/mol. The third-order valence-corrected chi connectivity index (χ3v) is 3.22. The number of nitriles is 1. The van der Waals surface area contributed by atoms with Crippen LogP contribution in [0.15, 0.2) is 18.2 Å². The molecule has 1 rings (SSSR count). The van der Waals surface area contributed by atoms with Gasteiger partial charge in [-0.05, 0) is 30.0 Å². The topological polar surface area (TPSA) is 35.8 Å². The highest BCUT2D eigenvalue weighted by atomic mass is 32.2. The highest BCUT2D eigenvalue weighted by molar-refractivity contribution is 7.99. The summed E-state index contributed by atoms with van der Waals surface area (Å²) < 4.78 is 13.1. The molecule has 0 radical (unpaired) electrons. The van der Waals surface area contributed by atoms with E-state index in [-0.39, 0.29) is 5.82 Å². The molecule has 0 aliphatic carbocycles. The third-order valence-electron chi connectivity index (χ3n) is 2.25. The first-order valence-electron chi connectivity index (χ1n) is 5.08. The van der Waals surface area contributed by atoms with Crippen LogP contribution in [0.3, 0.4) is 0 Å². The van der Waals surface area contributed by atoms with E-state index in [0.717, 1.165) is 12.1 Å². The van der Waals surface area contributed by atoms with Gasteiger partial charge in [-0.25, -0.2) is 4.39 Å². The van der Waals surface area contributed by atoms with Crippen LogP contribution in [0.5, 0.6) is 0 Å². The lowest BCUT2D eigenvalue weighted by Gasteiger charge is -2.09. The summed E-state index contributed by atoms with van der Waals surface area (Å²) >= 11 is 1.78. The van der Waals surface area contributed by atoms with Gasteiger partial charge in [0.2, 0.25) is 0 Å². The fourth-order valence-corrected chi connectivity index (χ4v) is 1.60. The van der Waals surface area contributed by atoms with E-state index in [0.29, 0.717) is 17.4 Å². The van der Waals surface area contributed by atoms with Crippen molar-refractivity contribution >= 4 is 11.8 Å². The number of nitrogens with one attached hydrogen (secondary N) is 1. The first kappa shape index (κ1) is 13.0. The van der Waals surface area contributed by atoms with E-state index in [1.165, 1.54) is 12.1 Å². The van der Waals surface area contributed by atoms with Gasteiger partial charge < -0.3 is 5.32 Å². The summed E-state index contributed by atoms with van der Waals surface area (Å²) in [4.78, 5) is 0. The Balaban J connectivity index is 2.54. The molecule has 1 unspecified atom stereocenters. The summed E-state index contributed by atoms with van der Waals surface area (Å²) in [5.74, 6) is -0.353. The standard InChI is InChI=1S/C12H15FN2S/c1-9(16-2)7-15-8-11-3-10(6-14)4-12(13)5-11/h3-5,9,15H,7-8H2,1-2H3. The predicted molar refractivity (Wildman–Crippen MR) is 65.8 cm³/mol. The number of hydrogen-bond acceptors (Lipinski definition) is 3. The van der Waals surface area contributed by atoms with Crippen LogP contribution in [0, 0.1) is 17.1 Å². The second-order valence-corrected chi connectivity index (χ2v) is 4.91. The molecule has 1 N–H and O–H groups in total. The molecule has 0 aliphatic rings. The summed E-state index contributed by atoms with van der Waals surface area (Å²) in [7, 11) is 0. The normalized spacial score (nSPS) is 12.1. The molecule has 0 spiro atoms. The van der Waals surface area contributed by atoms with Gasteiger partial charge in [0.15, 0.2) is 0 Å². The Bertz CT molecular complexity index is 387. The van der Waals surface area contributed by atoms with Crippen molar-refractivity contribution in [2.75, 3.05) is 12.8 Å². The predicted octanol–water partition coefficient (Wildman–Crippen LogP) is 2.54. The summed E-state index contributed by atoms with van der Waals surface area (Å²) in [5, 5.41) is 12.5. The van der Waals surface area contributed by atoms with Crippen molar-refractivity contribution in [3.05, 3.63) is 35.1 Å². The van der Waals surface area contributed by atoms with Gasteiger partial charge in [0, 0.05) is 18.3 Å². The van der Waals surface area contributed by atoms with Gasteiger partial charge in [-0.1, -0.05) is 6.92 Å². The second kappa shape index (κ2) is 6.51. The molecule has 2 nitrogen and oxygen atoms in total. The summed E-state index contributed by atoms with van der Waals surface area (Å²) in [6.07, 6.45) is 2.06. The van der Waals surface area contributed by atoms with Gasteiger partial charge >= 0.3 is 0 Å². The van der Waals surface area contributed by atoms with Crippen LogP contribution in [0.1, 0.15) is 18.1 Å². The molecule has 0 saturated carbocycles. The molecule has 0 saturated heterocycles. The summed E-state index contributed by atoms with van der Waals surface area (Å²) in [6, 6.07) is 6.35. The minimum atomic E-state index is -0.353. The van der Waals surface area contributed by atoms with Gasteiger partial charge in [-0.15, -0.1) is 0 Å². The Morgan fingerprint density at radius 1 is 1.50 bits per heavy atom. The Hall–Kier alpha value is -1.05. The zero-order valence-electron chi connectivity index (χ0n) is 9.46. The molecule has 0 aliphatic heterocycles. The molecule has 0 amide bonds. The number of benzene rings is 1. The fraction of sp³-hybridized carbons (Fsp3) is 0.417. The Morgan fingerprint density at radius 2 is 2.25 bits per heavy atom. The quantitative estimate of drug-likeness (QED) is 0.856. The van der Waals surface area contributed by atoms with Crippen LogP contribution < -0.4 is 5.32 Å². The van der Waals surface area contributed by atoms with Crippen LogP contribution in [-0.4, -0.2) is 18.1 Å². The van der Waals surface area contributed by atoms with Crippen molar-refractivity contribution in [1.29, 1.82) is 5.26 Å². The Labute approximate surface area is 99.9 Å². The SMILES string of the molecule is CSC(C)CNCc1cc(F)cc(C#N)c1. The number of halogens is 1. The molecule has 4 heteroatoms. The minimum Gasteiger partial charge on any atom is -0.312 e. The van der Waals surface area contributed by atoms with Gasteiger partial charge in [0.05, 0.1) is 11.6 Å². The van der Waals surface area contributed by atoms with Crippen LogP contribution >= 0.6 is 11.8 Å². The fourth-order valence-electron chi connectivity index (χ4n) is 1.32. The molecule has 1 aromatic rings. The lowest BCUT2D eigenvalue weighted by molar-refractivity contribution is 0.619. The Morgan fingerprint density at radius 3 is 2.88 bits per heavy atom. The highest BCUT2D eigenvalue weighted by Crippen LogP contribution is 2.09. The maximum Gasteiger partial charge on any atom is 0.124 e. The molecule has 0 heterocycles. The molecule has 0 bridgehead atoms. The first-order chi connectivity index (χ1) is 7.65. The molecule has 1 aromatic carbocycles. The van der Waals surface area contributed by atoms with Crippen LogP contribution in [0.25, 0.3) is 0 Å². The maximum absolute atomic E-state index is 13.1. The summed E-state index contributed by atoms with van der Waals surface area (Å²) in [6.45, 7) is 3.60. The van der Waals surface area contributed by atoms with Crippen molar-refractivity contribution < 1.29 is 4.39 Å². The molecule has 16 heavy (non-hydrogen) atoms. The van der Waals surface area contributed by atoms with Gasteiger partial charge in [0.1, 0.15) is 5.82 Å². The van der Waals surface area contributed by atoms with E-state index in [1.807, 2.05) is 6.07 Å². The van der Waals surface area contributed by atoms with E-state index in [4.69, 9.17) is 5.26 Å². The lowest BCUT2D eigenvalue weighted by Crippen LogP contribution is -2.22. The van der Waals surface area contributed by atoms with Crippen molar-refractivity contribution in [3.63, 3.8) is 0 Å². The first-order valence-corrected chi connectivity index (χ1v) is 6.37.